The highest BCUT2D eigenvalue weighted by molar-refractivity contribution is 5.89. The van der Waals surface area contributed by atoms with E-state index in [4.69, 9.17) is 4.74 Å². The van der Waals surface area contributed by atoms with E-state index in [1.54, 1.807) is 0 Å². The standard InChI is InChI=1S/C19H24N2O7/c1-27-16(22)10-9-14(18(24)25)20-17(23)15-8-5-11-21(15)19(26)28-12-13-6-3-2-4-7-13/h2-4,6-7,14-15H,5,8-12H2,1H3,(H,20,23)(H,24,25)/t14-,15+/m0/s1. The predicted molar refractivity (Wildman–Crippen MR) is 97.2 cm³/mol. The van der Waals surface area contributed by atoms with Gasteiger partial charge < -0.3 is 19.9 Å². The lowest BCUT2D eigenvalue weighted by Crippen LogP contribution is -2.51. The number of methoxy groups -OCH3 is 1. The molecule has 0 bridgehead atoms. The van der Waals surface area contributed by atoms with Crippen LogP contribution in [0.25, 0.3) is 0 Å². The zero-order chi connectivity index (χ0) is 20.5. The van der Waals surface area contributed by atoms with Gasteiger partial charge in [0.2, 0.25) is 5.91 Å². The van der Waals surface area contributed by atoms with E-state index in [-0.39, 0.29) is 19.4 Å². The van der Waals surface area contributed by atoms with Crippen molar-refractivity contribution >= 4 is 23.9 Å². The van der Waals surface area contributed by atoms with Crippen molar-refractivity contribution in [2.24, 2.45) is 0 Å². The van der Waals surface area contributed by atoms with Gasteiger partial charge in [-0.25, -0.2) is 9.59 Å². The number of benzene rings is 1. The summed E-state index contributed by atoms with van der Waals surface area (Å²) in [6.07, 6.45) is 0.164. The molecule has 2 rings (SSSR count). The first-order chi connectivity index (χ1) is 13.4. The number of carboxylic acid groups (broad SMARTS) is 1. The van der Waals surface area contributed by atoms with E-state index in [0.717, 1.165) is 5.56 Å². The molecule has 0 spiro atoms. The zero-order valence-electron chi connectivity index (χ0n) is 15.6. The third kappa shape index (κ3) is 5.97. The molecule has 1 aromatic carbocycles. The van der Waals surface area contributed by atoms with Crippen LogP contribution in [0.2, 0.25) is 0 Å². The van der Waals surface area contributed by atoms with Gasteiger partial charge in [-0.1, -0.05) is 30.3 Å². The van der Waals surface area contributed by atoms with E-state index in [0.29, 0.717) is 19.4 Å². The summed E-state index contributed by atoms with van der Waals surface area (Å²) in [6, 6.07) is 7.11. The molecule has 0 aromatic heterocycles. The normalized spacial score (nSPS) is 16.9. The number of hydrogen-bond acceptors (Lipinski definition) is 6. The molecule has 1 saturated heterocycles. The van der Waals surface area contributed by atoms with Gasteiger partial charge in [-0.05, 0) is 24.8 Å². The number of carbonyl (C=O) groups excluding carboxylic acids is 3. The zero-order valence-corrected chi connectivity index (χ0v) is 15.6. The third-order valence-corrected chi connectivity index (χ3v) is 4.47. The van der Waals surface area contributed by atoms with Crippen LogP contribution in [0, 0.1) is 0 Å². The number of nitrogens with one attached hydrogen (secondary N) is 1. The van der Waals surface area contributed by atoms with Gasteiger partial charge in [0, 0.05) is 13.0 Å². The predicted octanol–water partition coefficient (Wildman–Crippen LogP) is 1.31. The number of carbonyl (C=O) groups is 4. The van der Waals surface area contributed by atoms with E-state index < -0.39 is 36.0 Å². The van der Waals surface area contributed by atoms with Crippen LogP contribution >= 0.6 is 0 Å². The summed E-state index contributed by atoms with van der Waals surface area (Å²) in [7, 11) is 1.20. The Morgan fingerprint density at radius 2 is 1.96 bits per heavy atom. The van der Waals surface area contributed by atoms with Gasteiger partial charge in [-0.3, -0.25) is 14.5 Å². The number of likely N-dealkylation sites (tertiary alicyclic amines) is 1. The largest absolute Gasteiger partial charge is 0.480 e. The summed E-state index contributed by atoms with van der Waals surface area (Å²) in [5.41, 5.74) is 0.824. The van der Waals surface area contributed by atoms with Crippen molar-refractivity contribution in [1.82, 2.24) is 10.2 Å². The lowest BCUT2D eigenvalue weighted by molar-refractivity contribution is -0.144. The summed E-state index contributed by atoms with van der Waals surface area (Å²) < 4.78 is 9.75. The highest BCUT2D eigenvalue weighted by Crippen LogP contribution is 2.19. The molecule has 0 unspecified atom stereocenters. The Balaban J connectivity index is 1.92. The number of rotatable bonds is 8. The third-order valence-electron chi connectivity index (χ3n) is 4.47. The number of esters is 1. The fourth-order valence-corrected chi connectivity index (χ4v) is 2.95. The van der Waals surface area contributed by atoms with Crippen molar-refractivity contribution < 1.29 is 33.8 Å². The SMILES string of the molecule is COC(=O)CC[C@H](NC(=O)[C@H]1CCCN1C(=O)OCc1ccccc1)C(=O)O. The first kappa shape index (κ1) is 21.2. The molecule has 2 atom stereocenters. The van der Waals surface area contributed by atoms with Gasteiger partial charge in [0.15, 0.2) is 0 Å². The quantitative estimate of drug-likeness (QED) is 0.640. The molecule has 9 nitrogen and oxygen atoms in total. The molecule has 9 heteroatoms. The highest BCUT2D eigenvalue weighted by Gasteiger charge is 2.36. The Kier molecular flexibility index (Phi) is 7.79. The molecule has 2 amide bonds. The lowest BCUT2D eigenvalue weighted by atomic mass is 10.1. The van der Waals surface area contributed by atoms with Crippen LogP contribution in [0.3, 0.4) is 0 Å². The van der Waals surface area contributed by atoms with E-state index in [1.807, 2.05) is 30.3 Å². The topological polar surface area (TPSA) is 122 Å². The molecule has 0 saturated carbocycles. The van der Waals surface area contributed by atoms with E-state index in [2.05, 4.69) is 10.1 Å². The molecule has 2 N–H and O–H groups in total. The van der Waals surface area contributed by atoms with Crippen LogP contribution in [0.15, 0.2) is 30.3 Å². The molecule has 28 heavy (non-hydrogen) atoms. The number of carboxylic acids is 1. The molecular weight excluding hydrogens is 368 g/mol. The van der Waals surface area contributed by atoms with Crippen molar-refractivity contribution in [3.05, 3.63) is 35.9 Å². The number of amides is 2. The van der Waals surface area contributed by atoms with Crippen molar-refractivity contribution in [3.63, 3.8) is 0 Å². The van der Waals surface area contributed by atoms with Crippen LogP contribution in [0.5, 0.6) is 0 Å². The van der Waals surface area contributed by atoms with Gasteiger partial charge in [0.1, 0.15) is 18.7 Å². The van der Waals surface area contributed by atoms with Gasteiger partial charge in [-0.15, -0.1) is 0 Å². The molecule has 1 aliphatic rings. The van der Waals surface area contributed by atoms with Gasteiger partial charge in [-0.2, -0.15) is 0 Å². The van der Waals surface area contributed by atoms with E-state index in [9.17, 15) is 24.3 Å². The minimum atomic E-state index is -1.26. The second kappa shape index (κ2) is 10.3. The van der Waals surface area contributed by atoms with Crippen molar-refractivity contribution in [3.8, 4) is 0 Å². The van der Waals surface area contributed by atoms with Crippen LogP contribution in [0.1, 0.15) is 31.2 Å². The smallest absolute Gasteiger partial charge is 0.410 e. The second-order valence-corrected chi connectivity index (χ2v) is 6.41. The number of hydrogen-bond donors (Lipinski definition) is 2. The fraction of sp³-hybridized carbons (Fsp3) is 0.474. The average molecular weight is 392 g/mol. The summed E-state index contributed by atoms with van der Waals surface area (Å²) in [4.78, 5) is 48.7. The Hall–Kier alpha value is -3.10. The Morgan fingerprint density at radius 1 is 1.25 bits per heavy atom. The maximum absolute atomic E-state index is 12.5. The lowest BCUT2D eigenvalue weighted by Gasteiger charge is -2.25. The highest BCUT2D eigenvalue weighted by atomic mass is 16.6. The molecule has 0 aliphatic carbocycles. The van der Waals surface area contributed by atoms with Crippen molar-refractivity contribution in [2.45, 2.75) is 44.4 Å². The molecule has 1 aromatic rings. The molecule has 1 aliphatic heterocycles. The van der Waals surface area contributed by atoms with Gasteiger partial charge in [0.05, 0.1) is 7.11 Å². The monoisotopic (exact) mass is 392 g/mol. The van der Waals surface area contributed by atoms with Crippen LogP contribution in [-0.4, -0.2) is 59.7 Å². The first-order valence-electron chi connectivity index (χ1n) is 8.99. The van der Waals surface area contributed by atoms with E-state index >= 15 is 0 Å². The van der Waals surface area contributed by atoms with Gasteiger partial charge >= 0.3 is 18.0 Å². The molecule has 0 radical (unpaired) electrons. The second-order valence-electron chi connectivity index (χ2n) is 6.41. The van der Waals surface area contributed by atoms with Crippen LogP contribution < -0.4 is 5.32 Å². The Bertz CT molecular complexity index is 707. The van der Waals surface area contributed by atoms with Crippen molar-refractivity contribution in [2.75, 3.05) is 13.7 Å². The summed E-state index contributed by atoms with van der Waals surface area (Å²) in [5.74, 6) is -2.40. The van der Waals surface area contributed by atoms with Crippen LogP contribution in [-0.2, 0) is 30.5 Å². The summed E-state index contributed by atoms with van der Waals surface area (Å²) in [5, 5.41) is 11.7. The van der Waals surface area contributed by atoms with Gasteiger partial charge in [0.25, 0.3) is 0 Å². The molecule has 152 valence electrons. The molecular formula is C19H24N2O7. The fourth-order valence-electron chi connectivity index (χ4n) is 2.95. The van der Waals surface area contributed by atoms with E-state index in [1.165, 1.54) is 12.0 Å². The maximum atomic E-state index is 12.5. The summed E-state index contributed by atoms with van der Waals surface area (Å²) in [6.45, 7) is 0.438. The minimum Gasteiger partial charge on any atom is -0.480 e. The molecule has 1 fully saturated rings. The maximum Gasteiger partial charge on any atom is 0.410 e. The summed E-state index contributed by atoms with van der Waals surface area (Å²) >= 11 is 0. The Labute approximate surface area is 162 Å². The number of ether oxygens (including phenoxy) is 2. The van der Waals surface area contributed by atoms with Crippen LogP contribution in [0.4, 0.5) is 4.79 Å². The number of nitrogens with zero attached hydrogens (tertiary/aromatic N) is 1. The Morgan fingerprint density at radius 3 is 2.61 bits per heavy atom. The average Bonchev–Trinajstić information content (AvgIpc) is 3.19. The minimum absolute atomic E-state index is 0.0847. The van der Waals surface area contributed by atoms with Crippen molar-refractivity contribution in [1.29, 1.82) is 0 Å². The number of aliphatic carboxylic acids is 1. The first-order valence-corrected chi connectivity index (χ1v) is 8.99. The molecule has 1 heterocycles.